The van der Waals surface area contributed by atoms with E-state index in [2.05, 4.69) is 20.3 Å². The summed E-state index contributed by atoms with van der Waals surface area (Å²) in [5.41, 5.74) is 2.37. The largest absolute Gasteiger partial charge is 0.346 e. The first kappa shape index (κ1) is 20.1. The first-order chi connectivity index (χ1) is 14.6. The van der Waals surface area contributed by atoms with Crippen molar-refractivity contribution >= 4 is 40.5 Å². The Balaban J connectivity index is 1.42. The van der Waals surface area contributed by atoms with Crippen molar-refractivity contribution in [2.75, 3.05) is 18.6 Å². The molecule has 8 nitrogen and oxygen atoms in total. The summed E-state index contributed by atoms with van der Waals surface area (Å²) in [5.74, 6) is 0.517. The molecule has 0 spiro atoms. The Morgan fingerprint density at radius 3 is 2.77 bits per heavy atom. The fourth-order valence-electron chi connectivity index (χ4n) is 3.47. The van der Waals surface area contributed by atoms with Crippen LogP contribution in [0.15, 0.2) is 42.7 Å². The summed E-state index contributed by atoms with van der Waals surface area (Å²) in [7, 11) is 0. The summed E-state index contributed by atoms with van der Waals surface area (Å²) >= 11 is 1.69. The van der Waals surface area contributed by atoms with Crippen LogP contribution in [-0.4, -0.2) is 56.1 Å². The zero-order valence-corrected chi connectivity index (χ0v) is 17.2. The van der Waals surface area contributed by atoms with Crippen molar-refractivity contribution in [1.82, 2.24) is 25.2 Å². The summed E-state index contributed by atoms with van der Waals surface area (Å²) in [6, 6.07) is 8.95. The lowest BCUT2D eigenvalue weighted by Gasteiger charge is -2.18. The molecule has 0 aliphatic carbocycles. The van der Waals surface area contributed by atoms with Gasteiger partial charge in [0.1, 0.15) is 5.82 Å². The van der Waals surface area contributed by atoms with Crippen LogP contribution in [0.25, 0.3) is 11.0 Å². The number of hydrogen-bond acceptors (Lipinski definition) is 6. The molecular formula is C21H21N5O3S. The molecule has 3 aromatic rings. The van der Waals surface area contributed by atoms with E-state index in [9.17, 15) is 14.4 Å². The maximum absolute atomic E-state index is 12.6. The second kappa shape index (κ2) is 8.66. The predicted octanol–water partition coefficient (Wildman–Crippen LogP) is 2.55. The van der Waals surface area contributed by atoms with Crippen LogP contribution >= 0.6 is 11.8 Å². The van der Waals surface area contributed by atoms with Gasteiger partial charge in [-0.2, -0.15) is 11.8 Å². The molecule has 2 N–H and O–H groups in total. The van der Waals surface area contributed by atoms with Gasteiger partial charge in [-0.15, -0.1) is 0 Å². The van der Waals surface area contributed by atoms with Gasteiger partial charge in [0.2, 0.25) is 5.91 Å². The van der Waals surface area contributed by atoms with Crippen LogP contribution < -0.4 is 5.32 Å². The van der Waals surface area contributed by atoms with Crippen molar-refractivity contribution in [2.24, 2.45) is 0 Å². The number of benzene rings is 1. The number of amides is 3. The van der Waals surface area contributed by atoms with Crippen molar-refractivity contribution in [3.05, 3.63) is 59.7 Å². The van der Waals surface area contributed by atoms with Crippen LogP contribution in [0.3, 0.4) is 0 Å². The van der Waals surface area contributed by atoms with Crippen LogP contribution in [0.4, 0.5) is 0 Å². The highest BCUT2D eigenvalue weighted by molar-refractivity contribution is 7.98. The first-order valence-corrected chi connectivity index (χ1v) is 11.0. The molecule has 3 heterocycles. The summed E-state index contributed by atoms with van der Waals surface area (Å²) < 4.78 is 0. The van der Waals surface area contributed by atoms with Gasteiger partial charge in [0, 0.05) is 25.4 Å². The molecule has 0 bridgehead atoms. The molecule has 1 unspecified atom stereocenters. The number of aromatic amines is 1. The number of fused-ring (bicyclic) bond motifs is 2. The highest BCUT2D eigenvalue weighted by atomic mass is 32.2. The van der Waals surface area contributed by atoms with Gasteiger partial charge in [-0.3, -0.25) is 24.3 Å². The number of imidazole rings is 1. The molecule has 1 aliphatic heterocycles. The highest BCUT2D eigenvalue weighted by Gasteiger charge is 2.35. The number of H-pyrrole nitrogens is 1. The minimum atomic E-state index is -0.410. The maximum atomic E-state index is 12.6. The van der Waals surface area contributed by atoms with E-state index in [0.717, 1.165) is 21.7 Å². The SMILES string of the molecule is CSCCC(NC(=O)CCN1C(=O)c2ccncc2C1=O)c1nc2ccccc2[nH]1. The average Bonchev–Trinajstić information content (AvgIpc) is 3.29. The third kappa shape index (κ3) is 3.93. The Labute approximate surface area is 177 Å². The van der Waals surface area contributed by atoms with E-state index in [4.69, 9.17) is 0 Å². The summed E-state index contributed by atoms with van der Waals surface area (Å²) in [4.78, 5) is 50.4. The molecule has 1 aromatic carbocycles. The summed E-state index contributed by atoms with van der Waals surface area (Å²) in [5, 5.41) is 3.00. The van der Waals surface area contributed by atoms with Crippen molar-refractivity contribution in [3.8, 4) is 0 Å². The number of hydrogen-bond donors (Lipinski definition) is 2. The van der Waals surface area contributed by atoms with E-state index in [1.165, 1.54) is 18.5 Å². The van der Waals surface area contributed by atoms with E-state index in [1.807, 2.05) is 30.5 Å². The van der Waals surface area contributed by atoms with E-state index in [0.29, 0.717) is 17.8 Å². The molecule has 30 heavy (non-hydrogen) atoms. The number of imide groups is 1. The summed E-state index contributed by atoms with van der Waals surface area (Å²) in [6.45, 7) is 0.0214. The Kier molecular flexibility index (Phi) is 5.80. The molecule has 0 radical (unpaired) electrons. The van der Waals surface area contributed by atoms with Gasteiger partial charge in [-0.05, 0) is 36.6 Å². The predicted molar refractivity (Wildman–Crippen MR) is 114 cm³/mol. The number of nitrogens with zero attached hydrogens (tertiary/aromatic N) is 3. The van der Waals surface area contributed by atoms with E-state index >= 15 is 0 Å². The number of carbonyl (C=O) groups excluding carboxylic acids is 3. The fraction of sp³-hybridized carbons (Fsp3) is 0.286. The third-order valence-electron chi connectivity index (χ3n) is 5.02. The number of rotatable bonds is 8. The Hall–Kier alpha value is -3.20. The summed E-state index contributed by atoms with van der Waals surface area (Å²) in [6.07, 6.45) is 5.61. The minimum absolute atomic E-state index is 0.0214. The number of pyridine rings is 1. The number of carbonyl (C=O) groups is 3. The van der Waals surface area contributed by atoms with Crippen molar-refractivity contribution in [2.45, 2.75) is 18.9 Å². The van der Waals surface area contributed by atoms with Gasteiger partial charge >= 0.3 is 0 Å². The van der Waals surface area contributed by atoms with E-state index < -0.39 is 5.91 Å². The van der Waals surface area contributed by atoms with Gasteiger partial charge in [0.25, 0.3) is 11.8 Å². The molecule has 1 atom stereocenters. The second-order valence-electron chi connectivity index (χ2n) is 6.97. The second-order valence-corrected chi connectivity index (χ2v) is 7.96. The van der Waals surface area contributed by atoms with Crippen LogP contribution in [0.1, 0.15) is 45.4 Å². The van der Waals surface area contributed by atoms with Crippen LogP contribution in [0.5, 0.6) is 0 Å². The molecular weight excluding hydrogens is 402 g/mol. The topological polar surface area (TPSA) is 108 Å². The average molecular weight is 423 g/mol. The number of nitrogens with one attached hydrogen (secondary N) is 2. The monoisotopic (exact) mass is 423 g/mol. The molecule has 1 aliphatic rings. The van der Waals surface area contributed by atoms with Crippen molar-refractivity contribution in [1.29, 1.82) is 0 Å². The van der Waals surface area contributed by atoms with Crippen molar-refractivity contribution in [3.63, 3.8) is 0 Å². The minimum Gasteiger partial charge on any atom is -0.346 e. The van der Waals surface area contributed by atoms with E-state index in [-0.39, 0.29) is 36.4 Å². The smallest absolute Gasteiger partial charge is 0.263 e. The van der Waals surface area contributed by atoms with Crippen LogP contribution in [0, 0.1) is 0 Å². The fourth-order valence-corrected chi connectivity index (χ4v) is 3.94. The van der Waals surface area contributed by atoms with Crippen molar-refractivity contribution < 1.29 is 14.4 Å². The van der Waals surface area contributed by atoms with Gasteiger partial charge < -0.3 is 10.3 Å². The lowest BCUT2D eigenvalue weighted by molar-refractivity contribution is -0.122. The standard InChI is InChI=1S/C21H21N5O3S/c1-30-11-8-17(19-24-15-4-2-3-5-16(15)25-19)23-18(27)7-10-26-20(28)13-6-9-22-12-14(13)21(26)29/h2-6,9,12,17H,7-8,10-11H2,1H3,(H,23,27)(H,24,25). The Bertz CT molecular complexity index is 1040. The molecule has 0 saturated carbocycles. The van der Waals surface area contributed by atoms with Crippen LogP contribution in [0.2, 0.25) is 0 Å². The Morgan fingerprint density at radius 2 is 2.00 bits per heavy atom. The zero-order valence-electron chi connectivity index (χ0n) is 16.4. The van der Waals surface area contributed by atoms with Crippen LogP contribution in [-0.2, 0) is 4.79 Å². The lowest BCUT2D eigenvalue weighted by Crippen LogP contribution is -2.36. The van der Waals surface area contributed by atoms with Gasteiger partial charge in [-0.1, -0.05) is 12.1 Å². The van der Waals surface area contributed by atoms with Gasteiger partial charge in [-0.25, -0.2) is 4.98 Å². The van der Waals surface area contributed by atoms with Gasteiger partial charge in [0.05, 0.1) is 28.2 Å². The maximum Gasteiger partial charge on any atom is 0.263 e. The third-order valence-corrected chi connectivity index (χ3v) is 5.66. The molecule has 0 fully saturated rings. The molecule has 3 amide bonds. The molecule has 9 heteroatoms. The highest BCUT2D eigenvalue weighted by Crippen LogP contribution is 2.23. The molecule has 4 rings (SSSR count). The molecule has 0 saturated heterocycles. The number of para-hydroxylation sites is 2. The number of aromatic nitrogens is 3. The normalized spacial score (nSPS) is 14.2. The molecule has 154 valence electrons. The molecule has 2 aromatic heterocycles. The zero-order chi connectivity index (χ0) is 21.1. The van der Waals surface area contributed by atoms with Gasteiger partial charge in [0.15, 0.2) is 0 Å². The quantitative estimate of drug-likeness (QED) is 0.539. The van der Waals surface area contributed by atoms with E-state index in [1.54, 1.807) is 11.8 Å². The Morgan fingerprint density at radius 1 is 1.20 bits per heavy atom. The number of thioether (sulfide) groups is 1. The first-order valence-electron chi connectivity index (χ1n) is 9.61. The lowest BCUT2D eigenvalue weighted by atomic mass is 10.2.